The Morgan fingerprint density at radius 2 is 0.796 bits per heavy atom. The lowest BCUT2D eigenvalue weighted by Gasteiger charge is -2.36. The molecule has 0 bridgehead atoms. The minimum atomic E-state index is 0.178. The second kappa shape index (κ2) is 13.5. The van der Waals surface area contributed by atoms with E-state index in [0.717, 1.165) is 39.5 Å². The van der Waals surface area contributed by atoms with E-state index < -0.39 is 0 Å². The highest BCUT2D eigenvalue weighted by molar-refractivity contribution is 5.86. The lowest BCUT2D eigenvalue weighted by atomic mass is 9.68. The number of benzene rings is 7. The maximum Gasteiger partial charge on any atom is 0.160 e. The number of hydrogen-bond donors (Lipinski definition) is 0. The molecule has 2 heteroatoms. The predicted octanol–water partition coefficient (Wildman–Crippen LogP) is 13.7. The van der Waals surface area contributed by atoms with Crippen LogP contribution in [-0.4, -0.2) is 9.97 Å². The Hall–Kier alpha value is -6.38. The van der Waals surface area contributed by atoms with Gasteiger partial charge >= 0.3 is 0 Å². The summed E-state index contributed by atoms with van der Waals surface area (Å²) < 4.78 is 0. The Kier molecular flexibility index (Phi) is 8.10. The van der Waals surface area contributed by atoms with Crippen LogP contribution < -0.4 is 0 Å². The number of aromatic nitrogens is 2. The van der Waals surface area contributed by atoms with Gasteiger partial charge in [0.15, 0.2) is 5.82 Å². The summed E-state index contributed by atoms with van der Waals surface area (Å²) in [6.07, 6.45) is 6.47. The quantitative estimate of drug-likeness (QED) is 0.173. The van der Waals surface area contributed by atoms with Crippen LogP contribution in [-0.2, 0) is 5.41 Å². The fourth-order valence-corrected chi connectivity index (χ4v) is 9.00. The van der Waals surface area contributed by atoms with Gasteiger partial charge in [0.05, 0.1) is 11.4 Å². The molecule has 0 radical (unpaired) electrons. The summed E-state index contributed by atoms with van der Waals surface area (Å²) in [5, 5.41) is 0. The summed E-state index contributed by atoms with van der Waals surface area (Å²) >= 11 is 0. The monoisotopic (exact) mass is 692 g/mol. The highest BCUT2D eigenvalue weighted by atomic mass is 14.9. The maximum atomic E-state index is 5.14. The molecule has 2 aliphatic carbocycles. The molecule has 0 atom stereocenters. The van der Waals surface area contributed by atoms with E-state index in [1.54, 1.807) is 0 Å². The van der Waals surface area contributed by atoms with Gasteiger partial charge in [-0.05, 0) is 92.7 Å². The summed E-state index contributed by atoms with van der Waals surface area (Å²) in [6.45, 7) is 0. The molecule has 10 rings (SSSR count). The third kappa shape index (κ3) is 5.76. The van der Waals surface area contributed by atoms with E-state index in [2.05, 4.69) is 164 Å². The number of rotatable bonds is 6. The topological polar surface area (TPSA) is 25.8 Å². The van der Waals surface area contributed by atoms with Crippen LogP contribution >= 0.6 is 0 Å². The lowest BCUT2D eigenvalue weighted by molar-refractivity contribution is 0.353. The average molecular weight is 693 g/mol. The van der Waals surface area contributed by atoms with Crippen molar-refractivity contribution in [2.75, 3.05) is 0 Å². The van der Waals surface area contributed by atoms with E-state index in [1.165, 1.54) is 82.2 Å². The molecule has 1 aromatic heterocycles. The fraction of sp³-hybridized carbons (Fsp3) is 0.115. The smallest absolute Gasteiger partial charge is 0.160 e. The van der Waals surface area contributed by atoms with Crippen LogP contribution in [0.15, 0.2) is 182 Å². The SMILES string of the molecule is c1ccc(-c2ccc(-c3cc(-c4cccc(-c5cccc(-c6ccc7c(c6)-c6ccccc6C76CCCCC6)c5)c4)nc(-c4ccccc4)n3)cc2)cc1. The van der Waals surface area contributed by atoms with Gasteiger partial charge in [-0.15, -0.1) is 0 Å². The largest absolute Gasteiger partial charge is 0.228 e. The molecule has 54 heavy (non-hydrogen) atoms. The summed E-state index contributed by atoms with van der Waals surface area (Å²) in [7, 11) is 0. The van der Waals surface area contributed by atoms with Gasteiger partial charge in [-0.3, -0.25) is 0 Å². The Balaban J connectivity index is 1.01. The van der Waals surface area contributed by atoms with Crippen molar-refractivity contribution in [1.82, 2.24) is 9.97 Å². The van der Waals surface area contributed by atoms with Crippen molar-refractivity contribution in [2.45, 2.75) is 37.5 Å². The molecule has 1 spiro atoms. The Morgan fingerprint density at radius 3 is 1.50 bits per heavy atom. The van der Waals surface area contributed by atoms with Crippen LogP contribution in [0.1, 0.15) is 43.2 Å². The summed E-state index contributed by atoms with van der Waals surface area (Å²) in [5.41, 5.74) is 18.2. The Morgan fingerprint density at radius 1 is 0.315 bits per heavy atom. The van der Waals surface area contributed by atoms with E-state index in [0.29, 0.717) is 0 Å². The van der Waals surface area contributed by atoms with E-state index in [-0.39, 0.29) is 5.41 Å². The van der Waals surface area contributed by atoms with Crippen molar-refractivity contribution < 1.29 is 0 Å². The van der Waals surface area contributed by atoms with Crippen molar-refractivity contribution >= 4 is 0 Å². The van der Waals surface area contributed by atoms with E-state index in [9.17, 15) is 0 Å². The molecule has 258 valence electrons. The summed E-state index contributed by atoms with van der Waals surface area (Å²) in [4.78, 5) is 10.2. The molecule has 0 unspecified atom stereocenters. The van der Waals surface area contributed by atoms with Gasteiger partial charge in [0.2, 0.25) is 0 Å². The summed E-state index contributed by atoms with van der Waals surface area (Å²) in [6, 6.07) is 65.8. The van der Waals surface area contributed by atoms with Gasteiger partial charge in [0.1, 0.15) is 0 Å². The highest BCUT2D eigenvalue weighted by Gasteiger charge is 2.43. The average Bonchev–Trinajstić information content (AvgIpc) is 3.52. The number of nitrogens with zero attached hydrogens (tertiary/aromatic N) is 2. The summed E-state index contributed by atoms with van der Waals surface area (Å²) in [5.74, 6) is 0.718. The zero-order chi connectivity index (χ0) is 35.9. The molecule has 0 aliphatic heterocycles. The second-order valence-electron chi connectivity index (χ2n) is 14.9. The van der Waals surface area contributed by atoms with Gasteiger partial charge < -0.3 is 0 Å². The zero-order valence-electron chi connectivity index (χ0n) is 30.3. The van der Waals surface area contributed by atoms with E-state index in [1.807, 2.05) is 18.2 Å². The van der Waals surface area contributed by atoms with Gasteiger partial charge in [-0.2, -0.15) is 0 Å². The Bertz CT molecular complexity index is 2620. The van der Waals surface area contributed by atoms with Crippen molar-refractivity contribution in [3.63, 3.8) is 0 Å². The molecular formula is C52H40N2. The third-order valence-corrected chi connectivity index (χ3v) is 11.7. The second-order valence-corrected chi connectivity index (χ2v) is 14.9. The molecule has 7 aromatic carbocycles. The Labute approximate surface area is 317 Å². The van der Waals surface area contributed by atoms with Crippen LogP contribution in [0.4, 0.5) is 0 Å². The van der Waals surface area contributed by atoms with Crippen molar-refractivity contribution in [1.29, 1.82) is 0 Å². The van der Waals surface area contributed by atoms with Crippen LogP contribution in [0, 0.1) is 0 Å². The van der Waals surface area contributed by atoms with Crippen molar-refractivity contribution in [2.24, 2.45) is 0 Å². The first-order chi connectivity index (χ1) is 26.7. The van der Waals surface area contributed by atoms with Crippen LogP contribution in [0.3, 0.4) is 0 Å². The van der Waals surface area contributed by atoms with Crippen LogP contribution in [0.2, 0.25) is 0 Å². The molecular weight excluding hydrogens is 653 g/mol. The fourth-order valence-electron chi connectivity index (χ4n) is 9.00. The number of fused-ring (bicyclic) bond motifs is 5. The van der Waals surface area contributed by atoms with Gasteiger partial charge in [-0.1, -0.05) is 177 Å². The molecule has 2 aliphatic rings. The molecule has 1 heterocycles. The molecule has 0 amide bonds. The number of hydrogen-bond acceptors (Lipinski definition) is 2. The normalized spacial score (nSPS) is 14.1. The van der Waals surface area contributed by atoms with Gasteiger partial charge in [0.25, 0.3) is 0 Å². The minimum absolute atomic E-state index is 0.178. The molecule has 0 N–H and O–H groups in total. The van der Waals surface area contributed by atoms with Gasteiger partial charge in [0, 0.05) is 22.1 Å². The van der Waals surface area contributed by atoms with Crippen LogP contribution in [0.5, 0.6) is 0 Å². The van der Waals surface area contributed by atoms with Crippen molar-refractivity contribution in [3.05, 3.63) is 193 Å². The minimum Gasteiger partial charge on any atom is -0.228 e. The van der Waals surface area contributed by atoms with Crippen molar-refractivity contribution in [3.8, 4) is 78.4 Å². The molecule has 0 saturated heterocycles. The first kappa shape index (κ1) is 32.3. The standard InChI is InChI=1S/C52H40N2/c1-4-14-36(15-5-1)37-24-26-38(27-25-37)49-35-50(54-51(53-49)39-16-6-2-7-17-39)44-21-13-20-42(33-44)40-18-12-19-41(32-40)43-28-29-48-46(34-43)45-22-8-9-23-47(45)52(48)30-10-3-11-31-52/h1-2,4-9,12-29,32-35H,3,10-11,30-31H2. The first-order valence-corrected chi connectivity index (χ1v) is 19.3. The highest BCUT2D eigenvalue weighted by Crippen LogP contribution is 2.56. The lowest BCUT2D eigenvalue weighted by Crippen LogP contribution is -2.27. The van der Waals surface area contributed by atoms with E-state index >= 15 is 0 Å². The van der Waals surface area contributed by atoms with Gasteiger partial charge in [-0.25, -0.2) is 9.97 Å². The molecule has 1 saturated carbocycles. The molecule has 2 nitrogen and oxygen atoms in total. The maximum absolute atomic E-state index is 5.14. The molecule has 1 fully saturated rings. The third-order valence-electron chi connectivity index (χ3n) is 11.7. The van der Waals surface area contributed by atoms with Crippen LogP contribution in [0.25, 0.3) is 78.4 Å². The predicted molar refractivity (Wildman–Crippen MR) is 224 cm³/mol. The van der Waals surface area contributed by atoms with E-state index in [4.69, 9.17) is 9.97 Å². The zero-order valence-corrected chi connectivity index (χ0v) is 30.3. The first-order valence-electron chi connectivity index (χ1n) is 19.3. The molecule has 8 aromatic rings.